The molecule has 0 N–H and O–H groups in total. The van der Waals surface area contributed by atoms with Crippen molar-refractivity contribution in [2.24, 2.45) is 5.92 Å². The van der Waals surface area contributed by atoms with Crippen molar-refractivity contribution in [1.82, 2.24) is 0 Å². The summed E-state index contributed by atoms with van der Waals surface area (Å²) in [5.74, 6) is -0.586. The van der Waals surface area contributed by atoms with Crippen LogP contribution in [0, 0.1) is 5.92 Å². The SMILES string of the molecule is [O]C(=O)C=CC1CCCCC1. The van der Waals surface area contributed by atoms with Gasteiger partial charge in [-0.2, -0.15) is 0 Å². The molecule has 1 aliphatic carbocycles. The first-order valence-electron chi connectivity index (χ1n) is 4.18. The fourth-order valence-corrected chi connectivity index (χ4v) is 1.54. The molecule has 2 nitrogen and oxygen atoms in total. The largest absolute Gasteiger partial charge is 0.378 e. The van der Waals surface area contributed by atoms with Crippen molar-refractivity contribution in [3.63, 3.8) is 0 Å². The minimum atomic E-state index is -1.07. The van der Waals surface area contributed by atoms with Crippen LogP contribution in [0.25, 0.3) is 0 Å². The van der Waals surface area contributed by atoms with Crippen LogP contribution in [0.5, 0.6) is 0 Å². The van der Waals surface area contributed by atoms with Crippen LogP contribution in [0.4, 0.5) is 0 Å². The van der Waals surface area contributed by atoms with Crippen molar-refractivity contribution in [1.29, 1.82) is 0 Å². The zero-order valence-corrected chi connectivity index (χ0v) is 6.58. The predicted molar refractivity (Wildman–Crippen MR) is 41.4 cm³/mol. The summed E-state index contributed by atoms with van der Waals surface area (Å²) in [5.41, 5.74) is 0. The second kappa shape index (κ2) is 4.16. The van der Waals surface area contributed by atoms with Crippen molar-refractivity contribution in [3.05, 3.63) is 12.2 Å². The minimum Gasteiger partial charge on any atom is -0.242 e. The first kappa shape index (κ1) is 8.31. The highest BCUT2D eigenvalue weighted by Gasteiger charge is 2.09. The van der Waals surface area contributed by atoms with Gasteiger partial charge < -0.3 is 0 Å². The molecular formula is C9H13O2. The highest BCUT2D eigenvalue weighted by atomic mass is 16.4. The molecule has 1 fully saturated rings. The summed E-state index contributed by atoms with van der Waals surface area (Å²) >= 11 is 0. The van der Waals surface area contributed by atoms with Crippen LogP contribution in [0.1, 0.15) is 32.1 Å². The highest BCUT2D eigenvalue weighted by Crippen LogP contribution is 2.24. The summed E-state index contributed by atoms with van der Waals surface area (Å²) in [7, 11) is 0. The van der Waals surface area contributed by atoms with E-state index in [0.29, 0.717) is 5.92 Å². The zero-order chi connectivity index (χ0) is 8.10. The summed E-state index contributed by atoms with van der Waals surface area (Å²) in [4.78, 5) is 10.0. The van der Waals surface area contributed by atoms with Gasteiger partial charge in [0.05, 0.1) is 0 Å². The Bertz CT molecular complexity index is 155. The van der Waals surface area contributed by atoms with Gasteiger partial charge >= 0.3 is 5.97 Å². The fraction of sp³-hybridized carbons (Fsp3) is 0.667. The van der Waals surface area contributed by atoms with Crippen LogP contribution >= 0.6 is 0 Å². The maximum absolute atomic E-state index is 10.0. The Morgan fingerprint density at radius 1 is 1.18 bits per heavy atom. The van der Waals surface area contributed by atoms with E-state index in [0.717, 1.165) is 18.9 Å². The lowest BCUT2D eigenvalue weighted by molar-refractivity contribution is -0.137. The third-order valence-corrected chi connectivity index (χ3v) is 2.15. The monoisotopic (exact) mass is 153 g/mol. The number of carbonyl (C=O) groups excluding carboxylic acids is 1. The molecule has 0 unspecified atom stereocenters. The lowest BCUT2D eigenvalue weighted by Gasteiger charge is -2.17. The summed E-state index contributed by atoms with van der Waals surface area (Å²) in [6, 6.07) is 0. The van der Waals surface area contributed by atoms with Crippen molar-refractivity contribution in [2.45, 2.75) is 32.1 Å². The molecule has 0 aromatic carbocycles. The summed E-state index contributed by atoms with van der Waals surface area (Å²) in [6.07, 6.45) is 9.00. The van der Waals surface area contributed by atoms with Gasteiger partial charge in [-0.25, -0.2) is 9.90 Å². The van der Waals surface area contributed by atoms with E-state index in [9.17, 15) is 9.90 Å². The Kier molecular flexibility index (Phi) is 3.14. The third-order valence-electron chi connectivity index (χ3n) is 2.15. The predicted octanol–water partition coefficient (Wildman–Crippen LogP) is 2.08. The van der Waals surface area contributed by atoms with Crippen molar-refractivity contribution >= 4 is 5.97 Å². The van der Waals surface area contributed by atoms with Crippen LogP contribution in [0.3, 0.4) is 0 Å². The lowest BCUT2D eigenvalue weighted by atomic mass is 9.89. The summed E-state index contributed by atoms with van der Waals surface area (Å²) in [5, 5.41) is 10.0. The maximum atomic E-state index is 10.0. The van der Waals surface area contributed by atoms with Gasteiger partial charge in [-0.15, -0.1) is 0 Å². The van der Waals surface area contributed by atoms with Crippen LogP contribution in [0.2, 0.25) is 0 Å². The molecule has 0 spiro atoms. The maximum Gasteiger partial charge on any atom is 0.378 e. The topological polar surface area (TPSA) is 37.0 Å². The van der Waals surface area contributed by atoms with E-state index in [2.05, 4.69) is 0 Å². The average Bonchev–Trinajstić information content (AvgIpc) is 2.03. The van der Waals surface area contributed by atoms with Crippen molar-refractivity contribution < 1.29 is 9.90 Å². The Morgan fingerprint density at radius 2 is 1.82 bits per heavy atom. The van der Waals surface area contributed by atoms with E-state index in [-0.39, 0.29) is 0 Å². The lowest BCUT2D eigenvalue weighted by Crippen LogP contribution is -2.03. The first-order valence-corrected chi connectivity index (χ1v) is 4.18. The van der Waals surface area contributed by atoms with Crippen molar-refractivity contribution in [3.8, 4) is 0 Å². The highest BCUT2D eigenvalue weighted by molar-refractivity contribution is 5.79. The third kappa shape index (κ3) is 3.21. The molecule has 0 amide bonds. The van der Waals surface area contributed by atoms with Gasteiger partial charge in [0, 0.05) is 6.08 Å². The molecule has 11 heavy (non-hydrogen) atoms. The molecule has 2 heteroatoms. The molecule has 0 bridgehead atoms. The molecule has 61 valence electrons. The van der Waals surface area contributed by atoms with Crippen molar-refractivity contribution in [2.75, 3.05) is 0 Å². The quantitative estimate of drug-likeness (QED) is 0.559. The molecule has 0 aromatic rings. The average molecular weight is 153 g/mol. The van der Waals surface area contributed by atoms with Gasteiger partial charge in [0.25, 0.3) is 0 Å². The van der Waals surface area contributed by atoms with Crippen LogP contribution in [-0.2, 0) is 9.90 Å². The molecule has 0 aromatic heterocycles. The molecule has 0 saturated heterocycles. The van der Waals surface area contributed by atoms with Crippen LogP contribution < -0.4 is 0 Å². The standard InChI is InChI=1S/C9H13O2/c10-9(11)7-6-8-4-2-1-3-5-8/h6-8H,1-5H2. The van der Waals surface area contributed by atoms with Crippen LogP contribution in [0.15, 0.2) is 12.2 Å². The number of hydrogen-bond donors (Lipinski definition) is 0. The molecule has 1 rings (SSSR count). The summed E-state index contributed by atoms with van der Waals surface area (Å²) < 4.78 is 0. The number of rotatable bonds is 2. The van der Waals surface area contributed by atoms with E-state index in [1.807, 2.05) is 0 Å². The van der Waals surface area contributed by atoms with Gasteiger partial charge in [0.2, 0.25) is 0 Å². The Labute approximate surface area is 66.9 Å². The second-order valence-electron chi connectivity index (χ2n) is 3.08. The zero-order valence-electron chi connectivity index (χ0n) is 6.58. The first-order chi connectivity index (χ1) is 5.29. The molecular weight excluding hydrogens is 140 g/mol. The van der Waals surface area contributed by atoms with E-state index < -0.39 is 5.97 Å². The van der Waals surface area contributed by atoms with Crippen LogP contribution in [-0.4, -0.2) is 5.97 Å². The van der Waals surface area contributed by atoms with E-state index in [1.165, 1.54) is 19.3 Å². The van der Waals surface area contributed by atoms with Gasteiger partial charge in [0.15, 0.2) is 0 Å². The van der Waals surface area contributed by atoms with Gasteiger partial charge in [-0.1, -0.05) is 25.3 Å². The number of hydrogen-bond acceptors (Lipinski definition) is 1. The van der Waals surface area contributed by atoms with E-state index in [4.69, 9.17) is 0 Å². The molecule has 1 aliphatic rings. The number of carbonyl (C=O) groups is 1. The van der Waals surface area contributed by atoms with E-state index >= 15 is 0 Å². The molecule has 0 heterocycles. The van der Waals surface area contributed by atoms with Gasteiger partial charge in [-0.3, -0.25) is 0 Å². The van der Waals surface area contributed by atoms with Gasteiger partial charge in [-0.05, 0) is 18.8 Å². The smallest absolute Gasteiger partial charge is 0.242 e. The molecule has 0 atom stereocenters. The normalized spacial score (nSPS) is 20.7. The van der Waals surface area contributed by atoms with Gasteiger partial charge in [0.1, 0.15) is 0 Å². The molecule has 1 radical (unpaired) electrons. The fourth-order valence-electron chi connectivity index (χ4n) is 1.54. The van der Waals surface area contributed by atoms with E-state index in [1.54, 1.807) is 6.08 Å². The Hall–Kier alpha value is -0.790. The number of allylic oxidation sites excluding steroid dienone is 1. The Morgan fingerprint density at radius 3 is 2.36 bits per heavy atom. The second-order valence-corrected chi connectivity index (χ2v) is 3.08. The molecule has 0 aliphatic heterocycles. The Balaban J connectivity index is 2.29. The molecule has 1 saturated carbocycles. The minimum absolute atomic E-state index is 0.488. The summed E-state index contributed by atoms with van der Waals surface area (Å²) in [6.45, 7) is 0.